The Morgan fingerprint density at radius 3 is 2.93 bits per heavy atom. The summed E-state index contributed by atoms with van der Waals surface area (Å²) in [4.78, 5) is 30.5. The predicted molar refractivity (Wildman–Crippen MR) is 110 cm³/mol. The molecule has 0 bridgehead atoms. The molecule has 0 fully saturated rings. The van der Waals surface area contributed by atoms with Gasteiger partial charge in [-0.25, -0.2) is 4.90 Å². The van der Waals surface area contributed by atoms with E-state index in [0.717, 1.165) is 10.0 Å². The zero-order valence-electron chi connectivity index (χ0n) is 14.6. The molecule has 0 saturated heterocycles. The molecule has 0 unspecified atom stereocenters. The van der Waals surface area contributed by atoms with E-state index >= 15 is 0 Å². The molecule has 138 valence electrons. The highest BCUT2D eigenvalue weighted by Gasteiger charge is 2.45. The van der Waals surface area contributed by atoms with Crippen molar-refractivity contribution in [1.82, 2.24) is 10.1 Å². The molecule has 27 heavy (non-hydrogen) atoms. The van der Waals surface area contributed by atoms with E-state index in [1.54, 1.807) is 20.9 Å². The first kappa shape index (κ1) is 18.4. The first-order chi connectivity index (χ1) is 13.0. The molecule has 0 saturated carbocycles. The third kappa shape index (κ3) is 3.03. The SMILES string of the molecule is CCC(=O)N1c2ccc(Br)cc2-c2c(=O)[nH]c(SC)n[n+]2[C@H]1c1ccsc1. The largest absolute Gasteiger partial charge is 0.325 e. The van der Waals surface area contributed by atoms with Crippen LogP contribution in [0.4, 0.5) is 5.69 Å². The highest BCUT2D eigenvalue weighted by molar-refractivity contribution is 9.10. The van der Waals surface area contributed by atoms with Crippen molar-refractivity contribution in [3.63, 3.8) is 0 Å². The summed E-state index contributed by atoms with van der Waals surface area (Å²) >= 11 is 6.38. The monoisotopic (exact) mass is 463 g/mol. The summed E-state index contributed by atoms with van der Waals surface area (Å²) in [6.07, 6.45) is 1.71. The molecule has 1 amide bonds. The lowest BCUT2D eigenvalue weighted by Gasteiger charge is -2.31. The van der Waals surface area contributed by atoms with Gasteiger partial charge in [0.15, 0.2) is 0 Å². The minimum atomic E-state index is -0.499. The number of halogens is 1. The third-order valence-corrected chi connectivity index (χ3v) is 6.18. The minimum Gasteiger partial charge on any atom is -0.291 e. The van der Waals surface area contributed by atoms with E-state index < -0.39 is 6.17 Å². The van der Waals surface area contributed by atoms with Crippen molar-refractivity contribution in [3.8, 4) is 11.3 Å². The second kappa shape index (κ2) is 7.21. The summed E-state index contributed by atoms with van der Waals surface area (Å²) in [6.45, 7) is 1.84. The molecule has 9 heteroatoms. The molecule has 1 aliphatic heterocycles. The summed E-state index contributed by atoms with van der Waals surface area (Å²) in [5.41, 5.74) is 2.54. The normalized spacial score (nSPS) is 15.4. The van der Waals surface area contributed by atoms with Gasteiger partial charge in [-0.15, -0.1) is 0 Å². The number of aromatic amines is 1. The van der Waals surface area contributed by atoms with Gasteiger partial charge in [0.2, 0.25) is 11.1 Å². The molecular formula is C18H16BrN4O2S2+. The Kier molecular flexibility index (Phi) is 4.92. The van der Waals surface area contributed by atoms with Gasteiger partial charge in [-0.1, -0.05) is 34.6 Å². The zero-order chi connectivity index (χ0) is 19.1. The van der Waals surface area contributed by atoms with Crippen molar-refractivity contribution < 1.29 is 9.48 Å². The van der Waals surface area contributed by atoms with Crippen LogP contribution in [0, 0.1) is 0 Å². The average Bonchev–Trinajstić information content (AvgIpc) is 3.19. The Labute approximate surface area is 172 Å². The number of amides is 1. The van der Waals surface area contributed by atoms with E-state index in [-0.39, 0.29) is 11.5 Å². The first-order valence-electron chi connectivity index (χ1n) is 8.29. The fourth-order valence-corrected chi connectivity index (χ4v) is 4.65. The van der Waals surface area contributed by atoms with Gasteiger partial charge in [0.1, 0.15) is 0 Å². The number of nitrogens with one attached hydrogen (secondary N) is 1. The molecule has 1 aliphatic rings. The number of carbonyl (C=O) groups excluding carboxylic acids is 1. The molecule has 3 aromatic rings. The summed E-state index contributed by atoms with van der Waals surface area (Å²) in [6, 6.07) is 7.58. The van der Waals surface area contributed by atoms with Crippen molar-refractivity contribution in [3.05, 3.63) is 55.4 Å². The number of nitrogens with zero attached hydrogens (tertiary/aromatic N) is 3. The van der Waals surface area contributed by atoms with Gasteiger partial charge in [0.25, 0.3) is 6.17 Å². The van der Waals surface area contributed by atoms with Crippen LogP contribution in [0.25, 0.3) is 11.3 Å². The molecule has 1 N–H and O–H groups in total. The first-order valence-corrected chi connectivity index (χ1v) is 11.3. The standard InChI is InChI=1S/C18H15BrN4O2S2/c1-3-14(24)22-13-5-4-11(19)8-12(13)15-16(25)20-18(26-2)21-23(15)17(22)10-6-7-27-9-10/h4-9,17H,3H2,1-2H3/p+1/t17-/m0/s1. The second-order valence-electron chi connectivity index (χ2n) is 5.97. The van der Waals surface area contributed by atoms with Crippen molar-refractivity contribution in [2.45, 2.75) is 24.7 Å². The number of H-pyrrole nitrogens is 1. The third-order valence-electron chi connectivity index (χ3n) is 4.42. The Morgan fingerprint density at radius 2 is 2.26 bits per heavy atom. The highest BCUT2D eigenvalue weighted by Crippen LogP contribution is 2.39. The Bertz CT molecular complexity index is 1080. The van der Waals surface area contributed by atoms with Crippen LogP contribution < -0.4 is 15.1 Å². The van der Waals surface area contributed by atoms with Gasteiger partial charge in [0, 0.05) is 21.4 Å². The lowest BCUT2D eigenvalue weighted by Crippen LogP contribution is -2.60. The van der Waals surface area contributed by atoms with Crippen LogP contribution in [-0.2, 0) is 4.79 Å². The van der Waals surface area contributed by atoms with Crippen molar-refractivity contribution in [1.29, 1.82) is 0 Å². The number of fused-ring (bicyclic) bond motifs is 3. The van der Waals surface area contributed by atoms with Crippen LogP contribution in [0.5, 0.6) is 0 Å². The number of anilines is 1. The summed E-state index contributed by atoms with van der Waals surface area (Å²) in [5.74, 6) is -0.0271. The lowest BCUT2D eigenvalue weighted by atomic mass is 10.0. The highest BCUT2D eigenvalue weighted by atomic mass is 79.9. The Hall–Kier alpha value is -1.97. The fraction of sp³-hybridized carbons (Fsp3) is 0.222. The maximum atomic E-state index is 13.0. The molecule has 3 heterocycles. The molecule has 2 aromatic heterocycles. The topological polar surface area (TPSA) is 69.9 Å². The number of thiophene rings is 1. The quantitative estimate of drug-likeness (QED) is 0.475. The van der Waals surface area contributed by atoms with Gasteiger partial charge in [-0.2, -0.15) is 11.3 Å². The van der Waals surface area contributed by atoms with Gasteiger partial charge >= 0.3 is 11.3 Å². The van der Waals surface area contributed by atoms with Gasteiger partial charge < -0.3 is 0 Å². The zero-order valence-corrected chi connectivity index (χ0v) is 17.8. The maximum Gasteiger partial charge on any atom is 0.325 e. The van der Waals surface area contributed by atoms with Crippen molar-refractivity contribution >= 4 is 50.6 Å². The van der Waals surface area contributed by atoms with E-state index in [0.29, 0.717) is 28.5 Å². The maximum absolute atomic E-state index is 13.0. The average molecular weight is 464 g/mol. The van der Waals surface area contributed by atoms with E-state index in [1.165, 1.54) is 11.8 Å². The molecular weight excluding hydrogens is 448 g/mol. The molecule has 0 radical (unpaired) electrons. The van der Waals surface area contributed by atoms with Crippen molar-refractivity contribution in [2.24, 2.45) is 0 Å². The van der Waals surface area contributed by atoms with E-state index in [2.05, 4.69) is 26.0 Å². The molecule has 1 aromatic carbocycles. The molecule has 0 spiro atoms. The van der Waals surface area contributed by atoms with Crippen LogP contribution >= 0.6 is 39.0 Å². The van der Waals surface area contributed by atoms with Gasteiger partial charge in [-0.3, -0.25) is 14.6 Å². The molecule has 6 nitrogen and oxygen atoms in total. The number of rotatable bonds is 3. The number of thioether (sulfide) groups is 1. The van der Waals surface area contributed by atoms with Gasteiger partial charge in [0.05, 0.1) is 16.8 Å². The molecule has 0 aliphatic carbocycles. The van der Waals surface area contributed by atoms with Crippen LogP contribution in [-0.4, -0.2) is 22.2 Å². The summed E-state index contributed by atoms with van der Waals surface area (Å²) in [7, 11) is 0. The van der Waals surface area contributed by atoms with Crippen molar-refractivity contribution in [2.75, 3.05) is 11.2 Å². The number of benzene rings is 1. The Balaban J connectivity index is 2.10. The van der Waals surface area contributed by atoms with E-state index in [1.807, 2.05) is 48.2 Å². The number of aromatic nitrogens is 3. The predicted octanol–water partition coefficient (Wildman–Crippen LogP) is 3.57. The number of hydrogen-bond donors (Lipinski definition) is 1. The molecule has 4 rings (SSSR count). The smallest absolute Gasteiger partial charge is 0.291 e. The van der Waals surface area contributed by atoms with Crippen LogP contribution in [0.15, 0.2) is 49.4 Å². The fourth-order valence-electron chi connectivity index (χ4n) is 3.25. The van der Waals surface area contributed by atoms with Gasteiger partial charge in [-0.05, 0) is 40.6 Å². The summed E-state index contributed by atoms with van der Waals surface area (Å²) < 4.78 is 2.51. The molecule has 1 atom stereocenters. The summed E-state index contributed by atoms with van der Waals surface area (Å²) in [5, 5.41) is 9.10. The van der Waals surface area contributed by atoms with Crippen LogP contribution in [0.3, 0.4) is 0 Å². The second-order valence-corrected chi connectivity index (χ2v) is 8.46. The van der Waals surface area contributed by atoms with E-state index in [9.17, 15) is 9.59 Å². The number of carbonyl (C=O) groups is 1. The van der Waals surface area contributed by atoms with E-state index in [4.69, 9.17) is 0 Å². The van der Waals surface area contributed by atoms with Crippen LogP contribution in [0.1, 0.15) is 25.1 Å². The number of hydrogen-bond acceptors (Lipinski definition) is 5. The van der Waals surface area contributed by atoms with Crippen LogP contribution in [0.2, 0.25) is 0 Å². The minimum absolute atomic E-state index is 0.0271. The lowest BCUT2D eigenvalue weighted by molar-refractivity contribution is -0.763. The Morgan fingerprint density at radius 1 is 1.44 bits per heavy atom.